The second-order valence-electron chi connectivity index (χ2n) is 2.69. The van der Waals surface area contributed by atoms with Gasteiger partial charge >= 0.3 is 0 Å². The maximum absolute atomic E-state index is 5.47. The van der Waals surface area contributed by atoms with Crippen LogP contribution in [0.4, 0.5) is 0 Å². The largest absolute Gasteiger partial charge is 0.373 e. The SMILES string of the molecule is C[C@@H]1CO[C@H](C)[C@@H](C)O1. The standard InChI is InChI=1S/C7H14O2/c1-5-4-8-6(2)7(3)9-5/h5-7H,4H2,1-3H3/t5-,6-,7-/m1/s1. The summed E-state index contributed by atoms with van der Waals surface area (Å²) in [5.41, 5.74) is 0. The molecule has 54 valence electrons. The van der Waals surface area contributed by atoms with E-state index in [1.807, 2.05) is 20.8 Å². The Morgan fingerprint density at radius 1 is 1.11 bits per heavy atom. The van der Waals surface area contributed by atoms with E-state index in [2.05, 4.69) is 0 Å². The lowest BCUT2D eigenvalue weighted by Gasteiger charge is -2.30. The van der Waals surface area contributed by atoms with Gasteiger partial charge in [0.15, 0.2) is 0 Å². The molecule has 1 aliphatic rings. The van der Waals surface area contributed by atoms with Crippen molar-refractivity contribution in [3.05, 3.63) is 0 Å². The van der Waals surface area contributed by atoms with Crippen LogP contribution in [0.1, 0.15) is 20.8 Å². The van der Waals surface area contributed by atoms with Gasteiger partial charge in [-0.2, -0.15) is 0 Å². The minimum Gasteiger partial charge on any atom is -0.373 e. The van der Waals surface area contributed by atoms with Crippen LogP contribution >= 0.6 is 0 Å². The molecule has 1 fully saturated rings. The topological polar surface area (TPSA) is 18.5 Å². The molecule has 0 spiro atoms. The van der Waals surface area contributed by atoms with Gasteiger partial charge in [-0.3, -0.25) is 0 Å². The Kier molecular flexibility index (Phi) is 2.09. The molecule has 2 heteroatoms. The molecule has 1 heterocycles. The van der Waals surface area contributed by atoms with Crippen molar-refractivity contribution in [3.8, 4) is 0 Å². The zero-order valence-electron chi connectivity index (χ0n) is 6.26. The summed E-state index contributed by atoms with van der Waals surface area (Å²) in [6.45, 7) is 6.85. The van der Waals surface area contributed by atoms with Gasteiger partial charge in [0.25, 0.3) is 0 Å². The summed E-state index contributed by atoms with van der Waals surface area (Å²) in [6, 6.07) is 0. The lowest BCUT2D eigenvalue weighted by atomic mass is 10.2. The fourth-order valence-corrected chi connectivity index (χ4v) is 0.939. The summed E-state index contributed by atoms with van der Waals surface area (Å²) in [5.74, 6) is 0. The Bertz CT molecular complexity index is 92.9. The van der Waals surface area contributed by atoms with Crippen LogP contribution in [-0.2, 0) is 9.47 Å². The first kappa shape index (κ1) is 7.03. The molecule has 0 N–H and O–H groups in total. The van der Waals surface area contributed by atoms with E-state index in [1.165, 1.54) is 0 Å². The fourth-order valence-electron chi connectivity index (χ4n) is 0.939. The molecule has 0 radical (unpaired) electrons. The first-order valence-electron chi connectivity index (χ1n) is 3.47. The van der Waals surface area contributed by atoms with E-state index in [4.69, 9.17) is 9.47 Å². The van der Waals surface area contributed by atoms with E-state index < -0.39 is 0 Å². The summed E-state index contributed by atoms with van der Waals surface area (Å²) >= 11 is 0. The average Bonchev–Trinajstić information content (AvgIpc) is 1.80. The Morgan fingerprint density at radius 2 is 1.78 bits per heavy atom. The molecule has 1 rings (SSSR count). The third-order valence-corrected chi connectivity index (χ3v) is 1.70. The van der Waals surface area contributed by atoms with Crippen molar-refractivity contribution in [3.63, 3.8) is 0 Å². The van der Waals surface area contributed by atoms with Gasteiger partial charge in [-0.05, 0) is 20.8 Å². The first-order chi connectivity index (χ1) is 4.20. The monoisotopic (exact) mass is 130 g/mol. The van der Waals surface area contributed by atoms with Gasteiger partial charge in [-0.15, -0.1) is 0 Å². The van der Waals surface area contributed by atoms with Crippen molar-refractivity contribution in [2.45, 2.75) is 39.1 Å². The summed E-state index contributed by atoms with van der Waals surface area (Å²) in [5, 5.41) is 0. The second-order valence-corrected chi connectivity index (χ2v) is 2.69. The number of hydrogen-bond acceptors (Lipinski definition) is 2. The third-order valence-electron chi connectivity index (χ3n) is 1.70. The van der Waals surface area contributed by atoms with E-state index in [9.17, 15) is 0 Å². The zero-order valence-corrected chi connectivity index (χ0v) is 6.26. The van der Waals surface area contributed by atoms with E-state index in [1.54, 1.807) is 0 Å². The number of ether oxygens (including phenoxy) is 2. The fraction of sp³-hybridized carbons (Fsp3) is 1.00. The smallest absolute Gasteiger partial charge is 0.0810 e. The van der Waals surface area contributed by atoms with Gasteiger partial charge in [0.1, 0.15) is 0 Å². The molecule has 0 aromatic heterocycles. The van der Waals surface area contributed by atoms with Crippen molar-refractivity contribution in [1.29, 1.82) is 0 Å². The molecule has 0 aliphatic carbocycles. The van der Waals surface area contributed by atoms with Crippen molar-refractivity contribution >= 4 is 0 Å². The van der Waals surface area contributed by atoms with Crippen molar-refractivity contribution in [1.82, 2.24) is 0 Å². The van der Waals surface area contributed by atoms with Crippen LogP contribution in [0.3, 0.4) is 0 Å². The van der Waals surface area contributed by atoms with Gasteiger partial charge in [0.05, 0.1) is 24.9 Å². The van der Waals surface area contributed by atoms with E-state index >= 15 is 0 Å². The molecule has 1 saturated heterocycles. The minimum absolute atomic E-state index is 0.258. The van der Waals surface area contributed by atoms with Crippen LogP contribution in [0, 0.1) is 0 Å². The van der Waals surface area contributed by atoms with Gasteiger partial charge < -0.3 is 9.47 Å². The Hall–Kier alpha value is -0.0800. The Balaban J connectivity index is 2.35. The van der Waals surface area contributed by atoms with Crippen LogP contribution in [0.2, 0.25) is 0 Å². The molecular weight excluding hydrogens is 116 g/mol. The Labute approximate surface area is 56.2 Å². The van der Waals surface area contributed by atoms with Crippen molar-refractivity contribution < 1.29 is 9.47 Å². The van der Waals surface area contributed by atoms with E-state index in [-0.39, 0.29) is 18.3 Å². The maximum atomic E-state index is 5.47. The maximum Gasteiger partial charge on any atom is 0.0810 e. The summed E-state index contributed by atoms with van der Waals surface area (Å²) in [6.07, 6.45) is 0.797. The first-order valence-corrected chi connectivity index (χ1v) is 3.47. The molecule has 9 heavy (non-hydrogen) atoms. The highest BCUT2D eigenvalue weighted by Crippen LogP contribution is 2.12. The van der Waals surface area contributed by atoms with Crippen LogP contribution < -0.4 is 0 Å². The summed E-state index contributed by atoms with van der Waals surface area (Å²) < 4.78 is 10.9. The predicted octanol–water partition coefficient (Wildman–Crippen LogP) is 1.20. The van der Waals surface area contributed by atoms with Crippen LogP contribution in [0.25, 0.3) is 0 Å². The van der Waals surface area contributed by atoms with E-state index in [0.29, 0.717) is 0 Å². The molecular formula is C7H14O2. The van der Waals surface area contributed by atoms with Crippen molar-refractivity contribution in [2.24, 2.45) is 0 Å². The molecule has 0 amide bonds. The normalized spacial score (nSPS) is 45.0. The molecule has 2 nitrogen and oxygen atoms in total. The van der Waals surface area contributed by atoms with Gasteiger partial charge in [0.2, 0.25) is 0 Å². The minimum atomic E-state index is 0.258. The van der Waals surface area contributed by atoms with Gasteiger partial charge in [-0.1, -0.05) is 0 Å². The molecule has 0 bridgehead atoms. The van der Waals surface area contributed by atoms with Crippen LogP contribution in [-0.4, -0.2) is 24.9 Å². The summed E-state index contributed by atoms with van der Waals surface area (Å²) in [7, 11) is 0. The molecule has 1 aliphatic heterocycles. The van der Waals surface area contributed by atoms with Crippen LogP contribution in [0.15, 0.2) is 0 Å². The number of hydrogen-bond donors (Lipinski definition) is 0. The van der Waals surface area contributed by atoms with Crippen molar-refractivity contribution in [2.75, 3.05) is 6.61 Å². The molecule has 0 unspecified atom stereocenters. The highest BCUT2D eigenvalue weighted by molar-refractivity contribution is 4.67. The van der Waals surface area contributed by atoms with E-state index in [0.717, 1.165) is 6.61 Å². The Morgan fingerprint density at radius 3 is 2.22 bits per heavy atom. The highest BCUT2D eigenvalue weighted by atomic mass is 16.6. The second kappa shape index (κ2) is 2.67. The third kappa shape index (κ3) is 1.66. The quantitative estimate of drug-likeness (QED) is 0.490. The molecule has 0 aromatic carbocycles. The molecule has 0 aromatic rings. The lowest BCUT2D eigenvalue weighted by Crippen LogP contribution is -2.38. The van der Waals surface area contributed by atoms with Crippen LogP contribution in [0.5, 0.6) is 0 Å². The number of rotatable bonds is 0. The van der Waals surface area contributed by atoms with Gasteiger partial charge in [-0.25, -0.2) is 0 Å². The zero-order chi connectivity index (χ0) is 6.85. The lowest BCUT2D eigenvalue weighted by molar-refractivity contribution is -0.161. The highest BCUT2D eigenvalue weighted by Gasteiger charge is 2.22. The summed E-state index contributed by atoms with van der Waals surface area (Å²) in [4.78, 5) is 0. The molecule has 0 saturated carbocycles. The molecule has 3 atom stereocenters. The predicted molar refractivity (Wildman–Crippen MR) is 35.4 cm³/mol. The average molecular weight is 130 g/mol. The van der Waals surface area contributed by atoms with Gasteiger partial charge in [0, 0.05) is 0 Å².